The lowest BCUT2D eigenvalue weighted by atomic mass is 9.98. The van der Waals surface area contributed by atoms with Gasteiger partial charge >= 0.3 is 24.2 Å². The molecule has 0 fully saturated rings. The van der Waals surface area contributed by atoms with Crippen LogP contribution < -0.4 is 16.8 Å². The molecule has 5 heterocycles. The second-order valence-electron chi connectivity index (χ2n) is 31.4. The van der Waals surface area contributed by atoms with Crippen LogP contribution in [0.4, 0.5) is 17.1 Å². The average Bonchev–Trinajstić information content (AvgIpc) is 1.61. The number of imidazole rings is 5. The molecule has 11 aromatic carbocycles. The number of esters is 1. The summed E-state index contributed by atoms with van der Waals surface area (Å²) in [6.07, 6.45) is 7.99. The number of halogens is 2. The lowest BCUT2D eigenvalue weighted by Crippen LogP contribution is -2.24. The van der Waals surface area contributed by atoms with Gasteiger partial charge in [0.2, 0.25) is 5.24 Å². The minimum absolute atomic E-state index is 0.238. The maximum Gasteiger partial charge on any atom is 0.373 e. The number of carbonyl (C=O) groups is 3. The van der Waals surface area contributed by atoms with Gasteiger partial charge in [0, 0.05) is 75.5 Å². The van der Waals surface area contributed by atoms with Crippen molar-refractivity contribution in [1.29, 1.82) is 0 Å². The molecule has 0 aliphatic rings. The van der Waals surface area contributed by atoms with Crippen LogP contribution in [-0.4, -0.2) is 95.8 Å². The maximum atomic E-state index is 12.3. The van der Waals surface area contributed by atoms with Crippen LogP contribution in [0.2, 0.25) is 0 Å². The van der Waals surface area contributed by atoms with Crippen LogP contribution >= 0.6 is 27.5 Å². The van der Waals surface area contributed by atoms with Crippen molar-refractivity contribution in [3.05, 3.63) is 298 Å². The molecule has 8 N–H and O–H groups in total. The Morgan fingerprint density at radius 1 is 0.488 bits per heavy atom. The molecule has 0 saturated heterocycles. The van der Waals surface area contributed by atoms with Gasteiger partial charge in [-0.05, 0) is 246 Å². The lowest BCUT2D eigenvalue weighted by molar-refractivity contribution is -0.193. The number of carboxylic acid groups (broad SMARTS) is 1. The normalized spacial score (nSPS) is 10.5. The Labute approximate surface area is 755 Å². The topological polar surface area (TPSA) is 324 Å². The van der Waals surface area contributed by atoms with Gasteiger partial charge in [0.05, 0.1) is 77.7 Å². The number of nitrogen functional groups attached to an aromatic ring is 2. The largest absolute Gasteiger partial charge is 0.478 e. The number of nitrogens with zero attached hydrogens (tertiary/aromatic N) is 8. The summed E-state index contributed by atoms with van der Waals surface area (Å²) in [4.78, 5) is 97.3. The number of aryl methyl sites for hydroxylation is 11. The van der Waals surface area contributed by atoms with E-state index in [1.807, 2.05) is 169 Å². The summed E-state index contributed by atoms with van der Waals surface area (Å²) in [6.45, 7) is 27.3. The smallest absolute Gasteiger partial charge is 0.373 e. The summed E-state index contributed by atoms with van der Waals surface area (Å²) in [6, 6.07) is 74.2. The van der Waals surface area contributed by atoms with E-state index < -0.39 is 11.6 Å². The second kappa shape index (κ2) is 48.0. The van der Waals surface area contributed by atoms with Crippen molar-refractivity contribution >= 4 is 129 Å². The van der Waals surface area contributed by atoms with Crippen LogP contribution in [0.1, 0.15) is 163 Å². The number of nitrogens with one attached hydrogen (secondary N) is 3. The molecule has 0 radical (unpaired) electrons. The zero-order valence-corrected chi connectivity index (χ0v) is 77.5. The first-order chi connectivity index (χ1) is 60.9. The molecule has 22 nitrogen and oxygen atoms in total. The van der Waals surface area contributed by atoms with E-state index in [-0.39, 0.29) is 23.5 Å². The first kappa shape index (κ1) is 98.7. The van der Waals surface area contributed by atoms with Crippen LogP contribution in [0.15, 0.2) is 224 Å². The van der Waals surface area contributed by atoms with Crippen LogP contribution in [0.25, 0.3) is 100 Å². The maximum absolute atomic E-state index is 12.3. The molecule has 127 heavy (non-hydrogen) atoms. The Morgan fingerprint density at radius 3 is 1.40 bits per heavy atom. The van der Waals surface area contributed by atoms with Crippen LogP contribution in [0, 0.1) is 41.5 Å². The van der Waals surface area contributed by atoms with Crippen LogP contribution in [-0.2, 0) is 73.9 Å². The van der Waals surface area contributed by atoms with E-state index in [4.69, 9.17) is 66.9 Å². The van der Waals surface area contributed by atoms with Gasteiger partial charge in [0.1, 0.15) is 34.7 Å². The molecule has 0 saturated carbocycles. The fraction of sp³-hybridized carbons (Fsp3) is 0.262. The second-order valence-corrected chi connectivity index (χ2v) is 32.4. The van der Waals surface area contributed by atoms with E-state index in [1.54, 1.807) is 12.1 Å². The summed E-state index contributed by atoms with van der Waals surface area (Å²) in [5.41, 5.74) is 40.4. The van der Waals surface area contributed by atoms with E-state index in [9.17, 15) is 19.5 Å². The number of para-hydroxylation sites is 6. The van der Waals surface area contributed by atoms with Crippen molar-refractivity contribution in [2.75, 3.05) is 23.8 Å². The highest BCUT2D eigenvalue weighted by Gasteiger charge is 2.23. The number of alkyl halides is 1. The molecule has 0 aliphatic carbocycles. The number of benzene rings is 11. The first-order valence-electron chi connectivity index (χ1n) is 42.1. The SMILES string of the molecule is CC(C)(C)OC(=O)c1ccccc1-c1ccc(CBr)cc1.CCCC(=O)Cl.CCCc1nc2c(C)cc(-c3nc4ccccc4n3C)cc2[nH]1.CCCc1nc2c(C)cc(-c3nc4ccccc4n3C)cc2n1Cc1ccc(-c2ccccc2C(=O)O)cc1.CCCc1nc2c(C)cc(C)cc2[nH]1.CNc1ccccc1N.Cc1ccc(N)c(C)c1.O=C=O.O=C=O. The Bertz CT molecular complexity index is 6450. The monoisotopic (exact) mass is 1790 g/mol. The number of anilines is 3. The highest BCUT2D eigenvalue weighted by molar-refractivity contribution is 9.08. The van der Waals surface area contributed by atoms with Gasteiger partial charge in [0.25, 0.3) is 0 Å². The molecule has 0 unspecified atom stereocenters. The van der Waals surface area contributed by atoms with Crippen LogP contribution in [0.3, 0.4) is 0 Å². The standard InChI is InChI=1S/C33H30N4O2.C19H20N4.C18H19BrO2.C12H16N2.C8H11N.C7H10N2.C4H7ClO.2CO2/c1-4-9-30-35-31-21(2)18-24(32-34-27-12-7-8-13-28(27)36(32)3)19-29(31)37(30)20-22-14-16-23(17-15-22)25-10-5-6-11-26(25)33(38)39;1-4-7-17-20-15-11-13(10-12(2)18(15)22-17)19-21-14-8-5-6-9-16(14)23(19)3;1-18(2,3)21-17(20)16-7-5-4-6-15(16)14-10-8-13(12-19)9-11-14;1-4-5-11-13-10-7-8(2)6-9(3)12(10)14-11;1-6-3-4-8(9)7(2)5-6;1-9-7-5-3-2-4-6(7)8;1-2-3-4(5)6;2*2-1-3/h5-8,10-19H,4,9,20H2,1-3H3,(H,38,39);5-6,8-11H,4,7H2,1-3H3,(H,20,22);4-11H,12H2,1-3H3;6-7H,4-5H2,1-3H3,(H,13,14);3-5H,9H2,1-2H3;2-5,9H,8H2,1H3;2-3H2,1H3;;. The number of nitrogens with two attached hydrogens (primary N) is 2. The summed E-state index contributed by atoms with van der Waals surface area (Å²) < 4.78 is 12.1. The number of hydrogen-bond acceptors (Lipinski definition) is 16. The molecule has 16 rings (SSSR count). The highest BCUT2D eigenvalue weighted by Crippen LogP contribution is 2.34. The molecule has 658 valence electrons. The van der Waals surface area contributed by atoms with E-state index in [0.29, 0.717) is 24.1 Å². The molecule has 0 amide bonds. The van der Waals surface area contributed by atoms with Gasteiger partial charge in [-0.2, -0.15) is 19.2 Å². The fourth-order valence-corrected chi connectivity index (χ4v) is 14.9. The predicted octanol–water partition coefficient (Wildman–Crippen LogP) is 23.6. The number of H-pyrrole nitrogens is 2. The number of carbonyl (C=O) groups excluding carboxylic acids is 6. The fourth-order valence-electron chi connectivity index (χ4n) is 14.3. The van der Waals surface area contributed by atoms with Crippen molar-refractivity contribution < 1.29 is 43.4 Å². The summed E-state index contributed by atoms with van der Waals surface area (Å²) in [7, 11) is 5.99. The van der Waals surface area contributed by atoms with Crippen LogP contribution in [0.5, 0.6) is 0 Å². The van der Waals surface area contributed by atoms with E-state index in [2.05, 4.69) is 204 Å². The van der Waals surface area contributed by atoms with Gasteiger partial charge < -0.3 is 50.3 Å². The van der Waals surface area contributed by atoms with Crippen molar-refractivity contribution in [2.45, 2.75) is 159 Å². The molecule has 0 aliphatic heterocycles. The Morgan fingerprint density at radius 2 is 0.945 bits per heavy atom. The zero-order chi connectivity index (χ0) is 92.6. The van der Waals surface area contributed by atoms with E-state index in [1.165, 1.54) is 33.3 Å². The van der Waals surface area contributed by atoms with Crippen molar-refractivity contribution in [3.8, 4) is 45.0 Å². The Balaban J connectivity index is 0.000000196. The van der Waals surface area contributed by atoms with Crippen molar-refractivity contribution in [3.63, 3.8) is 0 Å². The van der Waals surface area contributed by atoms with Gasteiger partial charge in [-0.3, -0.25) is 4.79 Å². The summed E-state index contributed by atoms with van der Waals surface area (Å²) >= 11 is 8.37. The number of ether oxygens (including phenoxy) is 1. The zero-order valence-electron chi connectivity index (χ0n) is 75.1. The number of aromatic nitrogens is 10. The van der Waals surface area contributed by atoms with Crippen molar-refractivity contribution in [2.24, 2.45) is 14.1 Å². The summed E-state index contributed by atoms with van der Waals surface area (Å²) in [5, 5.41) is 13.2. The number of carboxylic acids is 1. The third kappa shape index (κ3) is 27.4. The van der Waals surface area contributed by atoms with Gasteiger partial charge in [-0.25, -0.2) is 34.5 Å². The number of rotatable bonds is 18. The van der Waals surface area contributed by atoms with E-state index >= 15 is 0 Å². The lowest BCUT2D eigenvalue weighted by Gasteiger charge is -2.20. The van der Waals surface area contributed by atoms with Gasteiger partial charge in [0.15, 0.2) is 0 Å². The number of aromatic amines is 2. The van der Waals surface area contributed by atoms with Crippen molar-refractivity contribution in [1.82, 2.24) is 48.6 Å². The molecule has 5 aromatic heterocycles. The van der Waals surface area contributed by atoms with Gasteiger partial charge in [-0.1, -0.05) is 189 Å². The third-order valence-electron chi connectivity index (χ3n) is 20.3. The quantitative estimate of drug-likeness (QED) is 0.0201. The predicted molar refractivity (Wildman–Crippen MR) is 516 cm³/mol. The molecule has 16 aromatic rings. The third-order valence-corrected chi connectivity index (χ3v) is 21.1. The summed E-state index contributed by atoms with van der Waals surface area (Å²) in [5.74, 6) is 3.95. The molecule has 0 bridgehead atoms. The molecular formula is C103H113BrClN13O9. The molecule has 0 atom stereocenters. The highest BCUT2D eigenvalue weighted by atomic mass is 79.9. The average molecular weight is 1790 g/mol. The first-order valence-corrected chi connectivity index (χ1v) is 43.6. The Hall–Kier alpha value is -13.7. The molecule has 0 spiro atoms. The number of aromatic carboxylic acids is 1. The number of fused-ring (bicyclic) bond motifs is 5. The van der Waals surface area contributed by atoms with Gasteiger partial charge in [-0.15, -0.1) is 0 Å². The minimum Gasteiger partial charge on any atom is -0.478 e. The Kier molecular flexibility index (Phi) is 37.3. The number of hydrogen-bond donors (Lipinski definition) is 6. The molecule has 24 heteroatoms. The van der Waals surface area contributed by atoms with E-state index in [0.717, 1.165) is 196 Å². The molecular weight excluding hydrogens is 1680 g/mol. The minimum atomic E-state index is -0.921.